The van der Waals surface area contributed by atoms with Crippen molar-refractivity contribution in [2.75, 3.05) is 18.8 Å². The molecule has 0 aliphatic carbocycles. The van der Waals surface area contributed by atoms with E-state index in [0.29, 0.717) is 30.4 Å². The highest BCUT2D eigenvalue weighted by atomic mass is 35.5. The van der Waals surface area contributed by atoms with Crippen molar-refractivity contribution in [1.29, 1.82) is 0 Å². The van der Waals surface area contributed by atoms with Gasteiger partial charge in [0.1, 0.15) is 5.82 Å². The Bertz CT molecular complexity index is 1290. The van der Waals surface area contributed by atoms with Gasteiger partial charge in [-0.05, 0) is 43.5 Å². The smallest absolute Gasteiger partial charge is 0.383 e. The molecule has 0 bridgehead atoms. The van der Waals surface area contributed by atoms with Gasteiger partial charge in [-0.25, -0.2) is 9.78 Å². The maximum Gasteiger partial charge on any atom is 0.419 e. The molecule has 0 aromatic carbocycles. The summed E-state index contributed by atoms with van der Waals surface area (Å²) in [6.45, 7) is 3.54. The molecule has 1 fully saturated rings. The first kappa shape index (κ1) is 23.4. The number of aryl methyl sites for hydroxylation is 1. The first-order valence-electron chi connectivity index (χ1n) is 11.1. The van der Waals surface area contributed by atoms with E-state index in [2.05, 4.69) is 20.4 Å². The average molecular weight is 506 g/mol. The van der Waals surface area contributed by atoms with Crippen molar-refractivity contribution < 1.29 is 18.0 Å². The molecule has 0 radical (unpaired) electrons. The number of carbonyl (C=O) groups excluding carboxylic acids is 1. The number of halogens is 4. The number of urea groups is 1. The van der Waals surface area contributed by atoms with Crippen molar-refractivity contribution in [3.8, 4) is 11.3 Å². The molecular formula is C23H23ClF3N7O. The molecule has 2 aliphatic rings. The molecule has 2 aliphatic heterocycles. The number of aromatic nitrogens is 4. The predicted octanol–water partition coefficient (Wildman–Crippen LogP) is 4.41. The fourth-order valence-corrected chi connectivity index (χ4v) is 5.28. The number of likely N-dealkylation sites (tertiary alicyclic amines) is 1. The molecule has 2 atom stereocenters. The molecule has 5 rings (SSSR count). The SMILES string of the molecule is C[C@H](NC(=O)N1CCC2(CCn3nc(-c4cnc(N)c(C(F)(F)F)c4)cc32)C1)c1ccncc1Cl. The lowest BCUT2D eigenvalue weighted by Gasteiger charge is -2.25. The maximum atomic E-state index is 13.3. The second-order valence-electron chi connectivity index (χ2n) is 9.06. The molecule has 1 saturated heterocycles. The Balaban J connectivity index is 1.34. The van der Waals surface area contributed by atoms with Gasteiger partial charge in [0, 0.05) is 54.9 Å². The maximum absolute atomic E-state index is 13.3. The van der Waals surface area contributed by atoms with E-state index in [1.165, 1.54) is 12.4 Å². The summed E-state index contributed by atoms with van der Waals surface area (Å²) in [5.74, 6) is -0.566. The molecule has 1 unspecified atom stereocenters. The standard InChI is InChI=1S/C23H23ClF3N7O/c1-13(15-2-5-29-11-17(15)24)31-21(35)33-6-3-22(12-33)4-7-34-19(22)9-18(32-34)14-8-16(23(25,26)27)20(28)30-10-14/h2,5,8-11,13H,3-4,6-7,12H2,1H3,(H2,28,30)(H,31,35)/t13-,22?/m0/s1. The van der Waals surface area contributed by atoms with E-state index >= 15 is 0 Å². The van der Waals surface area contributed by atoms with Crippen LogP contribution in [0.3, 0.4) is 0 Å². The number of nitrogen functional groups attached to an aromatic ring is 1. The van der Waals surface area contributed by atoms with E-state index in [-0.39, 0.29) is 23.1 Å². The average Bonchev–Trinajstić information content (AvgIpc) is 3.50. The van der Waals surface area contributed by atoms with E-state index in [1.807, 2.05) is 11.6 Å². The lowest BCUT2D eigenvalue weighted by atomic mass is 9.82. The van der Waals surface area contributed by atoms with Gasteiger partial charge in [-0.2, -0.15) is 18.3 Å². The molecule has 3 aromatic rings. The zero-order chi connectivity index (χ0) is 25.0. The molecule has 12 heteroatoms. The number of anilines is 1. The molecule has 8 nitrogen and oxygen atoms in total. The summed E-state index contributed by atoms with van der Waals surface area (Å²) in [6, 6.07) is 4.06. The van der Waals surface area contributed by atoms with Crippen molar-refractivity contribution in [1.82, 2.24) is 30.0 Å². The summed E-state index contributed by atoms with van der Waals surface area (Å²) in [4.78, 5) is 22.4. The highest BCUT2D eigenvalue weighted by Crippen LogP contribution is 2.44. The number of nitrogens with two attached hydrogens (primary N) is 1. The van der Waals surface area contributed by atoms with Crippen molar-refractivity contribution in [3.05, 3.63) is 58.6 Å². The minimum absolute atomic E-state index is 0.196. The third-order valence-corrected chi connectivity index (χ3v) is 7.21. The highest BCUT2D eigenvalue weighted by Gasteiger charge is 2.47. The van der Waals surface area contributed by atoms with Crippen LogP contribution >= 0.6 is 11.6 Å². The first-order chi connectivity index (χ1) is 16.6. The monoisotopic (exact) mass is 505 g/mol. The second-order valence-corrected chi connectivity index (χ2v) is 9.47. The van der Waals surface area contributed by atoms with Crippen LogP contribution < -0.4 is 11.1 Å². The van der Waals surface area contributed by atoms with Crippen LogP contribution in [-0.4, -0.2) is 43.8 Å². The van der Waals surface area contributed by atoms with Gasteiger partial charge in [0.05, 0.1) is 22.3 Å². The van der Waals surface area contributed by atoms with Gasteiger partial charge in [0.25, 0.3) is 0 Å². The number of fused-ring (bicyclic) bond motifs is 2. The number of nitrogens with zero attached hydrogens (tertiary/aromatic N) is 5. The van der Waals surface area contributed by atoms with Crippen LogP contribution in [0.2, 0.25) is 5.02 Å². The van der Waals surface area contributed by atoms with Crippen molar-refractivity contribution in [2.45, 2.75) is 43.9 Å². The summed E-state index contributed by atoms with van der Waals surface area (Å²) in [6.07, 6.45) is 1.40. The zero-order valence-corrected chi connectivity index (χ0v) is 19.6. The highest BCUT2D eigenvalue weighted by molar-refractivity contribution is 6.31. The third-order valence-electron chi connectivity index (χ3n) is 6.90. The fraction of sp³-hybridized carbons (Fsp3) is 0.391. The van der Waals surface area contributed by atoms with Crippen LogP contribution in [0, 0.1) is 0 Å². The minimum Gasteiger partial charge on any atom is -0.383 e. The van der Waals surface area contributed by atoms with Gasteiger partial charge in [-0.15, -0.1) is 0 Å². The number of carbonyl (C=O) groups is 1. The molecule has 1 spiro atoms. The van der Waals surface area contributed by atoms with Crippen LogP contribution in [0.15, 0.2) is 36.8 Å². The molecular weight excluding hydrogens is 483 g/mol. The van der Waals surface area contributed by atoms with Crippen molar-refractivity contribution >= 4 is 23.4 Å². The third kappa shape index (κ3) is 4.18. The number of nitrogens with one attached hydrogen (secondary N) is 1. The largest absolute Gasteiger partial charge is 0.419 e. The van der Waals surface area contributed by atoms with Crippen molar-refractivity contribution in [2.24, 2.45) is 0 Å². The van der Waals surface area contributed by atoms with Gasteiger partial charge in [0.2, 0.25) is 0 Å². The molecule has 3 aromatic heterocycles. The second kappa shape index (κ2) is 8.40. The topological polar surface area (TPSA) is 102 Å². The summed E-state index contributed by atoms with van der Waals surface area (Å²) in [5, 5.41) is 8.00. The Morgan fingerprint density at radius 1 is 1.26 bits per heavy atom. The first-order valence-corrected chi connectivity index (χ1v) is 11.5. The summed E-state index contributed by atoms with van der Waals surface area (Å²) in [7, 11) is 0. The molecule has 35 heavy (non-hydrogen) atoms. The Morgan fingerprint density at radius 2 is 2.03 bits per heavy atom. The molecule has 184 valence electrons. The Kier molecular flexibility index (Phi) is 5.62. The van der Waals surface area contributed by atoms with Crippen LogP contribution in [-0.2, 0) is 18.1 Å². The molecule has 0 saturated carbocycles. The Hall–Kier alpha value is -3.34. The van der Waals surface area contributed by atoms with Crippen LogP contribution in [0.5, 0.6) is 0 Å². The zero-order valence-electron chi connectivity index (χ0n) is 18.8. The van der Waals surface area contributed by atoms with Crippen LogP contribution in [0.25, 0.3) is 11.3 Å². The van der Waals surface area contributed by atoms with E-state index in [0.717, 1.165) is 30.2 Å². The summed E-state index contributed by atoms with van der Waals surface area (Å²) in [5.41, 5.74) is 6.50. The number of pyridine rings is 2. The normalized spacial score (nSPS) is 20.3. The van der Waals surface area contributed by atoms with Crippen LogP contribution in [0.1, 0.15) is 42.6 Å². The molecule has 2 amide bonds. The lowest BCUT2D eigenvalue weighted by Crippen LogP contribution is -2.41. The summed E-state index contributed by atoms with van der Waals surface area (Å²) < 4.78 is 41.7. The van der Waals surface area contributed by atoms with Gasteiger partial charge in [-0.1, -0.05) is 11.6 Å². The Morgan fingerprint density at radius 3 is 2.77 bits per heavy atom. The number of rotatable bonds is 3. The quantitative estimate of drug-likeness (QED) is 0.549. The van der Waals surface area contributed by atoms with Crippen LogP contribution in [0.4, 0.5) is 23.8 Å². The Labute approximate surface area is 204 Å². The molecule has 5 heterocycles. The van der Waals surface area contributed by atoms with Gasteiger partial charge >= 0.3 is 12.2 Å². The fourth-order valence-electron chi connectivity index (χ4n) is 5.00. The van der Waals surface area contributed by atoms with E-state index in [1.54, 1.807) is 23.2 Å². The van der Waals surface area contributed by atoms with E-state index in [9.17, 15) is 18.0 Å². The number of hydrogen-bond donors (Lipinski definition) is 2. The van der Waals surface area contributed by atoms with E-state index < -0.39 is 17.6 Å². The minimum atomic E-state index is -4.60. The van der Waals surface area contributed by atoms with Gasteiger partial charge < -0.3 is 16.0 Å². The van der Waals surface area contributed by atoms with Crippen molar-refractivity contribution in [3.63, 3.8) is 0 Å². The predicted molar refractivity (Wildman–Crippen MR) is 124 cm³/mol. The lowest BCUT2D eigenvalue weighted by molar-refractivity contribution is -0.137. The van der Waals surface area contributed by atoms with Gasteiger partial charge in [0.15, 0.2) is 0 Å². The van der Waals surface area contributed by atoms with Gasteiger partial charge in [-0.3, -0.25) is 9.67 Å². The molecule has 3 N–H and O–H groups in total. The number of alkyl halides is 3. The number of hydrogen-bond acceptors (Lipinski definition) is 5. The van der Waals surface area contributed by atoms with E-state index in [4.69, 9.17) is 17.3 Å². The summed E-state index contributed by atoms with van der Waals surface area (Å²) >= 11 is 6.20. The number of amides is 2.